The third kappa shape index (κ3) is 5.32. The molecular formula is C9H11F3NO3P. The second-order valence-corrected chi connectivity index (χ2v) is 4.80. The minimum absolute atomic E-state index is 0.00432. The molecule has 4 nitrogen and oxygen atoms in total. The number of hydrogen-bond acceptors (Lipinski definition) is 1. The highest BCUT2D eigenvalue weighted by atomic mass is 31.2. The Morgan fingerprint density at radius 2 is 1.71 bits per heavy atom. The summed E-state index contributed by atoms with van der Waals surface area (Å²) in [5, 5.41) is 1.96. The van der Waals surface area contributed by atoms with Gasteiger partial charge in [0.1, 0.15) is 0 Å². The van der Waals surface area contributed by atoms with Crippen LogP contribution in [0.25, 0.3) is 0 Å². The Kier molecular flexibility index (Phi) is 4.32. The third-order valence-electron chi connectivity index (χ3n) is 2.01. The summed E-state index contributed by atoms with van der Waals surface area (Å²) >= 11 is 0. The Balaban J connectivity index is 2.55. The van der Waals surface area contributed by atoms with Crippen LogP contribution in [-0.2, 0) is 17.2 Å². The largest absolute Gasteiger partial charge is 0.416 e. The van der Waals surface area contributed by atoms with E-state index in [1.807, 2.05) is 5.09 Å². The Morgan fingerprint density at radius 3 is 2.12 bits per heavy atom. The third-order valence-corrected chi connectivity index (χ3v) is 2.65. The second-order valence-electron chi connectivity index (χ2n) is 3.40. The Labute approximate surface area is 95.7 Å². The molecule has 0 aliphatic carbocycles. The molecule has 0 atom stereocenters. The van der Waals surface area contributed by atoms with E-state index in [2.05, 4.69) is 0 Å². The van der Waals surface area contributed by atoms with Crippen molar-refractivity contribution in [3.63, 3.8) is 0 Å². The molecule has 0 amide bonds. The first kappa shape index (κ1) is 14.2. The summed E-state index contributed by atoms with van der Waals surface area (Å²) in [6, 6.07) is 4.44. The SMILES string of the molecule is O=P(O)(O)NCCc1ccc(C(F)(F)F)cc1. The minimum Gasteiger partial charge on any atom is -0.313 e. The van der Waals surface area contributed by atoms with E-state index in [1.54, 1.807) is 0 Å². The van der Waals surface area contributed by atoms with Gasteiger partial charge >= 0.3 is 13.9 Å². The van der Waals surface area contributed by atoms with Crippen LogP contribution in [0.5, 0.6) is 0 Å². The summed E-state index contributed by atoms with van der Waals surface area (Å²) in [5.41, 5.74) is -0.178. The van der Waals surface area contributed by atoms with E-state index < -0.39 is 19.5 Å². The Morgan fingerprint density at radius 1 is 1.18 bits per heavy atom. The zero-order valence-corrected chi connectivity index (χ0v) is 9.50. The van der Waals surface area contributed by atoms with Crippen LogP contribution in [0.15, 0.2) is 24.3 Å². The van der Waals surface area contributed by atoms with Crippen molar-refractivity contribution in [1.82, 2.24) is 5.09 Å². The van der Waals surface area contributed by atoms with Crippen molar-refractivity contribution in [2.45, 2.75) is 12.6 Å². The number of halogens is 3. The number of rotatable bonds is 4. The molecule has 0 unspecified atom stereocenters. The van der Waals surface area contributed by atoms with Gasteiger partial charge in [-0.1, -0.05) is 12.1 Å². The van der Waals surface area contributed by atoms with E-state index in [0.717, 1.165) is 12.1 Å². The molecule has 0 aromatic heterocycles. The van der Waals surface area contributed by atoms with Gasteiger partial charge in [0.25, 0.3) is 0 Å². The van der Waals surface area contributed by atoms with Gasteiger partial charge in [-0.25, -0.2) is 9.65 Å². The van der Waals surface area contributed by atoms with E-state index in [1.165, 1.54) is 12.1 Å². The maximum atomic E-state index is 12.2. The van der Waals surface area contributed by atoms with Gasteiger partial charge in [-0.3, -0.25) is 0 Å². The van der Waals surface area contributed by atoms with Gasteiger partial charge in [0, 0.05) is 6.54 Å². The van der Waals surface area contributed by atoms with E-state index >= 15 is 0 Å². The van der Waals surface area contributed by atoms with Gasteiger partial charge in [0.15, 0.2) is 0 Å². The average Bonchev–Trinajstić information content (AvgIpc) is 2.15. The van der Waals surface area contributed by atoms with Crippen LogP contribution >= 0.6 is 7.75 Å². The van der Waals surface area contributed by atoms with Crippen molar-refractivity contribution < 1.29 is 27.5 Å². The van der Waals surface area contributed by atoms with E-state index in [0.29, 0.717) is 5.56 Å². The molecule has 17 heavy (non-hydrogen) atoms. The number of nitrogens with one attached hydrogen (secondary N) is 1. The number of hydrogen-bond donors (Lipinski definition) is 3. The number of benzene rings is 1. The highest BCUT2D eigenvalue weighted by molar-refractivity contribution is 7.49. The first-order valence-corrected chi connectivity index (χ1v) is 6.26. The van der Waals surface area contributed by atoms with Gasteiger partial charge in [0.2, 0.25) is 0 Å². The molecule has 1 rings (SSSR count). The predicted molar refractivity (Wildman–Crippen MR) is 55.2 cm³/mol. The quantitative estimate of drug-likeness (QED) is 0.730. The first-order chi connectivity index (χ1) is 7.68. The molecular weight excluding hydrogens is 258 g/mol. The maximum Gasteiger partial charge on any atom is 0.416 e. The summed E-state index contributed by atoms with van der Waals surface area (Å²) in [5.74, 6) is 0. The maximum absolute atomic E-state index is 12.2. The molecule has 1 aromatic carbocycles. The van der Waals surface area contributed by atoms with Crippen LogP contribution in [0.3, 0.4) is 0 Å². The molecule has 0 saturated heterocycles. The first-order valence-electron chi connectivity index (χ1n) is 4.65. The monoisotopic (exact) mass is 269 g/mol. The lowest BCUT2D eigenvalue weighted by Gasteiger charge is -2.08. The molecule has 0 bridgehead atoms. The summed E-state index contributed by atoms with van der Waals surface area (Å²) in [7, 11) is -4.27. The summed E-state index contributed by atoms with van der Waals surface area (Å²) in [4.78, 5) is 17.0. The van der Waals surface area contributed by atoms with E-state index in [4.69, 9.17) is 9.79 Å². The summed E-state index contributed by atoms with van der Waals surface area (Å²) in [6.07, 6.45) is -4.13. The van der Waals surface area contributed by atoms with Gasteiger partial charge < -0.3 is 9.79 Å². The lowest BCUT2D eigenvalue weighted by atomic mass is 10.1. The Hall–Kier alpha value is -0.880. The normalized spacial score (nSPS) is 12.8. The smallest absolute Gasteiger partial charge is 0.313 e. The summed E-state index contributed by atoms with van der Waals surface area (Å²) in [6.45, 7) is -0.00432. The molecule has 0 aliphatic heterocycles. The highest BCUT2D eigenvalue weighted by Gasteiger charge is 2.29. The second kappa shape index (κ2) is 5.18. The summed E-state index contributed by atoms with van der Waals surface area (Å²) < 4.78 is 47.1. The predicted octanol–water partition coefficient (Wildman–Crippen LogP) is 1.93. The zero-order chi connectivity index (χ0) is 13.1. The lowest BCUT2D eigenvalue weighted by Crippen LogP contribution is -2.13. The van der Waals surface area contributed by atoms with Crippen LogP contribution in [-0.4, -0.2) is 16.3 Å². The fourth-order valence-corrected chi connectivity index (χ4v) is 1.61. The lowest BCUT2D eigenvalue weighted by molar-refractivity contribution is -0.137. The van der Waals surface area contributed by atoms with Crippen LogP contribution in [0.2, 0.25) is 0 Å². The molecule has 0 aliphatic rings. The average molecular weight is 269 g/mol. The van der Waals surface area contributed by atoms with Gasteiger partial charge in [-0.2, -0.15) is 13.2 Å². The molecule has 0 radical (unpaired) electrons. The Bertz CT molecular complexity index is 412. The van der Waals surface area contributed by atoms with Crippen molar-refractivity contribution in [3.8, 4) is 0 Å². The molecule has 1 aromatic rings. The van der Waals surface area contributed by atoms with Crippen molar-refractivity contribution in [2.24, 2.45) is 0 Å². The molecule has 0 fully saturated rings. The number of alkyl halides is 3. The fraction of sp³-hybridized carbons (Fsp3) is 0.333. The topological polar surface area (TPSA) is 69.6 Å². The fourth-order valence-electron chi connectivity index (χ4n) is 1.21. The van der Waals surface area contributed by atoms with Gasteiger partial charge in [0.05, 0.1) is 5.56 Å². The van der Waals surface area contributed by atoms with E-state index in [-0.39, 0.29) is 13.0 Å². The molecule has 8 heteroatoms. The van der Waals surface area contributed by atoms with Crippen LogP contribution < -0.4 is 5.09 Å². The van der Waals surface area contributed by atoms with Crippen LogP contribution in [0.4, 0.5) is 13.2 Å². The highest BCUT2D eigenvalue weighted by Crippen LogP contribution is 2.29. The molecule has 3 N–H and O–H groups in total. The van der Waals surface area contributed by atoms with Crippen molar-refractivity contribution in [2.75, 3.05) is 6.54 Å². The standard InChI is InChI=1S/C9H11F3NO3P/c10-9(11,12)8-3-1-7(2-4-8)5-6-13-17(14,15)16/h1-4H,5-6H2,(H3,13,14,15,16). The van der Waals surface area contributed by atoms with Gasteiger partial charge in [-0.05, 0) is 24.1 Å². The van der Waals surface area contributed by atoms with Crippen LogP contribution in [0, 0.1) is 0 Å². The zero-order valence-electron chi connectivity index (χ0n) is 8.61. The minimum atomic E-state index is -4.37. The molecule has 0 spiro atoms. The van der Waals surface area contributed by atoms with Gasteiger partial charge in [-0.15, -0.1) is 0 Å². The molecule has 0 saturated carbocycles. The van der Waals surface area contributed by atoms with Crippen LogP contribution in [0.1, 0.15) is 11.1 Å². The van der Waals surface area contributed by atoms with E-state index in [9.17, 15) is 17.7 Å². The van der Waals surface area contributed by atoms with Crippen molar-refractivity contribution in [1.29, 1.82) is 0 Å². The van der Waals surface area contributed by atoms with Crippen molar-refractivity contribution in [3.05, 3.63) is 35.4 Å². The van der Waals surface area contributed by atoms with Crippen molar-refractivity contribution >= 4 is 7.75 Å². The molecule has 96 valence electrons. The molecule has 0 heterocycles.